The molecular weight excluding hydrogens is 351 g/mol. The summed E-state index contributed by atoms with van der Waals surface area (Å²) in [6, 6.07) is 30.4. The molecule has 1 aliphatic heterocycles. The zero-order chi connectivity index (χ0) is 19.4. The van der Waals surface area contributed by atoms with E-state index in [1.165, 1.54) is 0 Å². The van der Waals surface area contributed by atoms with Crippen LogP contribution in [0.15, 0.2) is 91.0 Å². The van der Waals surface area contributed by atoms with Gasteiger partial charge in [0.05, 0.1) is 13.2 Å². The van der Waals surface area contributed by atoms with Gasteiger partial charge in [0.2, 0.25) is 0 Å². The van der Waals surface area contributed by atoms with Gasteiger partial charge < -0.3 is 9.47 Å². The van der Waals surface area contributed by atoms with Crippen molar-refractivity contribution >= 4 is 0 Å². The van der Waals surface area contributed by atoms with E-state index >= 15 is 0 Å². The smallest absolute Gasteiger partial charge is 0.143 e. The van der Waals surface area contributed by atoms with Crippen LogP contribution in [0.1, 0.15) is 23.6 Å². The molecule has 1 fully saturated rings. The van der Waals surface area contributed by atoms with Crippen LogP contribution in [0.4, 0.5) is 4.39 Å². The molecule has 144 valence electrons. The zero-order valence-corrected chi connectivity index (χ0v) is 16.0. The van der Waals surface area contributed by atoms with Crippen molar-refractivity contribution in [1.82, 2.24) is 0 Å². The second-order valence-corrected chi connectivity index (χ2v) is 7.38. The van der Waals surface area contributed by atoms with E-state index in [0.717, 1.165) is 16.7 Å². The van der Waals surface area contributed by atoms with Crippen molar-refractivity contribution in [2.75, 3.05) is 13.2 Å². The summed E-state index contributed by atoms with van der Waals surface area (Å²) < 4.78 is 26.9. The molecular formula is C25H25FO2. The topological polar surface area (TPSA) is 18.5 Å². The Bertz CT molecular complexity index is 770. The molecule has 3 aromatic rings. The highest BCUT2D eigenvalue weighted by atomic mass is 19.1. The summed E-state index contributed by atoms with van der Waals surface area (Å²) in [5.41, 5.74) is 2.19. The van der Waals surface area contributed by atoms with E-state index in [2.05, 4.69) is 36.4 Å². The van der Waals surface area contributed by atoms with Crippen molar-refractivity contribution in [2.45, 2.75) is 24.8 Å². The number of halogens is 1. The molecule has 3 aromatic carbocycles. The quantitative estimate of drug-likeness (QED) is 0.539. The fourth-order valence-corrected chi connectivity index (χ4v) is 3.94. The summed E-state index contributed by atoms with van der Waals surface area (Å²) in [5.74, 6) is -0.104. The van der Waals surface area contributed by atoms with Crippen molar-refractivity contribution in [3.05, 3.63) is 108 Å². The van der Waals surface area contributed by atoms with Gasteiger partial charge in [-0.1, -0.05) is 97.9 Å². The first-order chi connectivity index (χ1) is 13.7. The molecule has 0 radical (unpaired) electrons. The van der Waals surface area contributed by atoms with Crippen LogP contribution in [0.25, 0.3) is 0 Å². The third kappa shape index (κ3) is 3.48. The molecule has 0 bridgehead atoms. The SMILES string of the molecule is C[C@@H]1CO[C@H](COC(c2ccccc2)(c2ccccc2)c2ccccc2)[C@H]1F. The maximum Gasteiger partial charge on any atom is 0.143 e. The summed E-state index contributed by atoms with van der Waals surface area (Å²) in [6.07, 6.45) is -1.56. The third-order valence-corrected chi connectivity index (χ3v) is 5.48. The molecule has 0 aliphatic carbocycles. The van der Waals surface area contributed by atoms with Gasteiger partial charge in [0.15, 0.2) is 0 Å². The Morgan fingerprint density at radius 1 is 0.821 bits per heavy atom. The highest BCUT2D eigenvalue weighted by Gasteiger charge is 2.41. The van der Waals surface area contributed by atoms with Crippen molar-refractivity contribution in [3.8, 4) is 0 Å². The van der Waals surface area contributed by atoms with E-state index in [-0.39, 0.29) is 12.5 Å². The first kappa shape index (κ1) is 18.9. The number of alkyl halides is 1. The van der Waals surface area contributed by atoms with Gasteiger partial charge in [-0.3, -0.25) is 0 Å². The van der Waals surface area contributed by atoms with Gasteiger partial charge in [-0.25, -0.2) is 4.39 Å². The summed E-state index contributed by atoms with van der Waals surface area (Å²) in [6.45, 7) is 2.50. The van der Waals surface area contributed by atoms with Gasteiger partial charge in [0.25, 0.3) is 0 Å². The van der Waals surface area contributed by atoms with Crippen LogP contribution in [0.5, 0.6) is 0 Å². The average molecular weight is 376 g/mol. The van der Waals surface area contributed by atoms with Crippen molar-refractivity contribution < 1.29 is 13.9 Å². The molecule has 0 aromatic heterocycles. The molecule has 3 heteroatoms. The number of benzene rings is 3. The molecule has 1 saturated heterocycles. The molecule has 3 atom stereocenters. The summed E-state index contributed by atoms with van der Waals surface area (Å²) in [5, 5.41) is 0. The average Bonchev–Trinajstić information content (AvgIpc) is 3.09. The van der Waals surface area contributed by atoms with Crippen molar-refractivity contribution in [2.24, 2.45) is 5.92 Å². The summed E-state index contributed by atoms with van der Waals surface area (Å²) in [4.78, 5) is 0. The van der Waals surface area contributed by atoms with Crippen molar-refractivity contribution in [1.29, 1.82) is 0 Å². The molecule has 0 N–H and O–H groups in total. The van der Waals surface area contributed by atoms with E-state index < -0.39 is 17.9 Å². The van der Waals surface area contributed by atoms with Gasteiger partial charge in [0, 0.05) is 5.92 Å². The van der Waals surface area contributed by atoms with Crippen LogP contribution < -0.4 is 0 Å². The lowest BCUT2D eigenvalue weighted by Crippen LogP contribution is -2.37. The van der Waals surface area contributed by atoms with Crippen LogP contribution in [-0.2, 0) is 15.1 Å². The van der Waals surface area contributed by atoms with Gasteiger partial charge in [-0.2, -0.15) is 0 Å². The Morgan fingerprint density at radius 2 is 1.25 bits per heavy atom. The van der Waals surface area contributed by atoms with Crippen LogP contribution >= 0.6 is 0 Å². The largest absolute Gasteiger partial charge is 0.372 e. The molecule has 2 nitrogen and oxygen atoms in total. The van der Waals surface area contributed by atoms with Crippen molar-refractivity contribution in [3.63, 3.8) is 0 Å². The lowest BCUT2D eigenvalue weighted by atomic mass is 9.80. The van der Waals surface area contributed by atoms with Gasteiger partial charge >= 0.3 is 0 Å². The third-order valence-electron chi connectivity index (χ3n) is 5.48. The Hall–Kier alpha value is -2.49. The van der Waals surface area contributed by atoms with Crippen LogP contribution in [0.2, 0.25) is 0 Å². The molecule has 0 spiro atoms. The van der Waals surface area contributed by atoms with Crippen LogP contribution in [-0.4, -0.2) is 25.5 Å². The Morgan fingerprint density at radius 3 is 1.61 bits per heavy atom. The second-order valence-electron chi connectivity index (χ2n) is 7.38. The van der Waals surface area contributed by atoms with E-state index in [1.54, 1.807) is 0 Å². The predicted molar refractivity (Wildman–Crippen MR) is 109 cm³/mol. The highest BCUT2D eigenvalue weighted by Crippen LogP contribution is 2.41. The molecule has 4 rings (SSSR count). The molecule has 0 saturated carbocycles. The normalized spacial score (nSPS) is 22.3. The Kier molecular flexibility index (Phi) is 5.56. The first-order valence-electron chi connectivity index (χ1n) is 9.78. The Balaban J connectivity index is 1.81. The minimum atomic E-state index is -1.01. The van der Waals surface area contributed by atoms with E-state index in [1.807, 2.05) is 61.5 Å². The maximum atomic E-state index is 14.6. The molecule has 0 amide bonds. The fraction of sp³-hybridized carbons (Fsp3) is 0.280. The number of rotatable bonds is 6. The number of hydrogen-bond acceptors (Lipinski definition) is 2. The predicted octanol–water partition coefficient (Wildman–Crippen LogP) is 5.37. The fourth-order valence-electron chi connectivity index (χ4n) is 3.94. The zero-order valence-electron chi connectivity index (χ0n) is 16.0. The number of hydrogen-bond donors (Lipinski definition) is 0. The highest BCUT2D eigenvalue weighted by molar-refractivity contribution is 5.47. The van der Waals surface area contributed by atoms with Gasteiger partial charge in [0.1, 0.15) is 17.9 Å². The van der Waals surface area contributed by atoms with Crippen LogP contribution in [0.3, 0.4) is 0 Å². The maximum absolute atomic E-state index is 14.6. The Labute approximate surface area is 165 Å². The minimum Gasteiger partial charge on any atom is -0.372 e. The summed E-state index contributed by atoms with van der Waals surface area (Å²) >= 11 is 0. The van der Waals surface area contributed by atoms with E-state index in [9.17, 15) is 4.39 Å². The van der Waals surface area contributed by atoms with E-state index in [4.69, 9.17) is 9.47 Å². The molecule has 28 heavy (non-hydrogen) atoms. The first-order valence-corrected chi connectivity index (χ1v) is 9.78. The van der Waals surface area contributed by atoms with Gasteiger partial charge in [-0.15, -0.1) is 0 Å². The minimum absolute atomic E-state index is 0.104. The monoisotopic (exact) mass is 376 g/mol. The van der Waals surface area contributed by atoms with Crippen LogP contribution in [0, 0.1) is 5.92 Å². The molecule has 0 unspecified atom stereocenters. The second kappa shape index (κ2) is 8.26. The standard InChI is InChI=1S/C25H25FO2/c1-19-17-27-23(24(19)26)18-28-25(20-11-5-2-6-12-20,21-13-7-3-8-14-21)22-15-9-4-10-16-22/h2-16,19,23-24H,17-18H2,1H3/t19-,23-,24+/m1/s1. The lowest BCUT2D eigenvalue weighted by molar-refractivity contribution is -0.0589. The van der Waals surface area contributed by atoms with E-state index in [0.29, 0.717) is 6.61 Å². The summed E-state index contributed by atoms with van der Waals surface area (Å²) in [7, 11) is 0. The lowest BCUT2D eigenvalue weighted by Gasteiger charge is -2.36. The molecule has 1 aliphatic rings. The number of ether oxygens (including phenoxy) is 2. The van der Waals surface area contributed by atoms with Gasteiger partial charge in [-0.05, 0) is 16.7 Å². The molecule has 1 heterocycles.